The number of anilines is 2. The molecule has 5 aromatic carbocycles. The molecule has 1 amide bonds. The van der Waals surface area contributed by atoms with Gasteiger partial charge < -0.3 is 35.5 Å². The molecule has 1 fully saturated rings. The maximum absolute atomic E-state index is 12.6. The monoisotopic (exact) mass is 1890 g/mol. The van der Waals surface area contributed by atoms with Crippen molar-refractivity contribution in [3.05, 3.63) is 313 Å². The number of fused-ring (bicyclic) bond motifs is 8. The topological polar surface area (TPSA) is 380 Å². The summed E-state index contributed by atoms with van der Waals surface area (Å²) in [4.78, 5) is 90.5. The van der Waals surface area contributed by atoms with Gasteiger partial charge in [0.05, 0.1) is 86.5 Å². The molecule has 29 nitrogen and oxygen atoms in total. The number of amides is 1. The molecule has 21 heterocycles. The van der Waals surface area contributed by atoms with E-state index < -0.39 is 0 Å². The number of likely N-dealkylation sites (tertiary alicyclic amines) is 1. The molecule has 0 spiro atoms. The van der Waals surface area contributed by atoms with Crippen molar-refractivity contribution in [2.75, 3.05) is 37.8 Å². The van der Waals surface area contributed by atoms with E-state index in [1.807, 2.05) is 153 Å². The Kier molecular flexibility index (Phi) is 23.4. The van der Waals surface area contributed by atoms with E-state index >= 15 is 0 Å². The van der Waals surface area contributed by atoms with Gasteiger partial charge in [-0.15, -0.1) is 45.3 Å². The van der Waals surface area contributed by atoms with Crippen molar-refractivity contribution in [3.63, 3.8) is 0 Å². The van der Waals surface area contributed by atoms with E-state index in [1.54, 1.807) is 76.1 Å². The second-order valence-electron chi connectivity index (χ2n) is 34.3. The number of benzene rings is 5. The van der Waals surface area contributed by atoms with E-state index in [4.69, 9.17) is 19.9 Å². The molecule has 10 N–H and O–H groups in total. The Labute approximate surface area is 809 Å². The molecule has 139 heavy (non-hydrogen) atoms. The molecule has 0 bridgehead atoms. The Morgan fingerprint density at radius 2 is 0.691 bits per heavy atom. The van der Waals surface area contributed by atoms with Crippen LogP contribution in [0.15, 0.2) is 297 Å². The minimum Gasteiger partial charge on any atom is -0.382 e. The van der Waals surface area contributed by atoms with Gasteiger partial charge in [-0.2, -0.15) is 20.4 Å². The van der Waals surface area contributed by atoms with E-state index in [1.165, 1.54) is 37.1 Å². The molecule has 33 heteroatoms. The largest absolute Gasteiger partial charge is 0.382 e. The summed E-state index contributed by atoms with van der Waals surface area (Å²) in [5, 5.41) is 49.4. The summed E-state index contributed by atoms with van der Waals surface area (Å²) in [5.74, 6) is 2.65. The number of carbonyl (C=O) groups excluding carboxylic acids is 1. The van der Waals surface area contributed by atoms with Gasteiger partial charge in [-0.25, -0.2) is 19.9 Å². The van der Waals surface area contributed by atoms with Crippen LogP contribution in [0.5, 0.6) is 0 Å². The predicted octanol–water partition coefficient (Wildman–Crippen LogP) is 23.9. The molecular formula is C106H84N28OS4. The minimum atomic E-state index is -0.182. The third-order valence-corrected chi connectivity index (χ3v) is 27.7. The summed E-state index contributed by atoms with van der Waals surface area (Å²) >= 11 is 6.70. The number of imidazole rings is 4. The number of nitrogens with zero attached hydrogens (tertiary/aromatic N) is 18. The lowest BCUT2D eigenvalue weighted by Gasteiger charge is -2.14. The van der Waals surface area contributed by atoms with Crippen molar-refractivity contribution in [3.8, 4) is 132 Å². The Balaban J connectivity index is 0.000000104. The standard InChI is InChI=1S/C29H19N7OS.C27H23N7S.2C25H21N7S/c37-29(17-5-2-1-3-6-17)32-20-11-19(13-30-14-20)18-8-9-23-21(12-18)27(36-35-23)28-33-24-16-31-15-22(26(24)34-28)25-7-4-10-38-25;1-2-8-34(7-1)16-17-10-19(13-28-12-17)18-5-6-22-20(11-18)26(33-32-22)27-30-23-15-29-14-21(25(23)31-27)24-4-3-9-35-24;1-32(2)14-15-8-17(11-26-10-15)16-5-6-20-18(9-16)24(31-30-20)25-28-21-13-27-12-19(23(21)29-25)22-4-3-7-33-22;1-14(2)28-17-8-16(10-26-11-17)15-5-6-20-18(9-15)24(32-31-20)25-29-21-13-27-12-19(23(21)30-25)22-4-3-7-33-22/h1-16H,(H,32,37)(H,33,34)(H,35,36);3-6,9-15H,1-2,7-8,16H2,(H,30,31)(H,32,33);3-13H,14H2,1-2H3,(H,28,29)(H,30,31);3-14,28H,1-2H3,(H,29,30)(H,31,32). The van der Waals surface area contributed by atoms with E-state index in [9.17, 15) is 4.79 Å². The van der Waals surface area contributed by atoms with Crippen LogP contribution in [0.1, 0.15) is 48.2 Å². The number of thiophene rings is 4. The number of H-pyrrole nitrogens is 8. The quantitative estimate of drug-likeness (QED) is 0.0339. The van der Waals surface area contributed by atoms with Crippen LogP contribution in [0.4, 0.5) is 11.4 Å². The molecule has 26 rings (SSSR count). The highest BCUT2D eigenvalue weighted by Gasteiger charge is 2.25. The average molecular weight is 1890 g/mol. The number of pyridine rings is 8. The summed E-state index contributed by atoms with van der Waals surface area (Å²) in [7, 11) is 4.12. The first-order valence-corrected chi connectivity index (χ1v) is 48.6. The predicted molar refractivity (Wildman–Crippen MR) is 557 cm³/mol. The summed E-state index contributed by atoms with van der Waals surface area (Å²) in [6.45, 7) is 8.39. The second-order valence-corrected chi connectivity index (χ2v) is 38.1. The number of rotatable bonds is 20. The molecule has 0 saturated carbocycles. The molecule has 0 radical (unpaired) electrons. The summed E-state index contributed by atoms with van der Waals surface area (Å²) in [5.41, 5.74) is 31.0. The molecule has 0 atom stereocenters. The fraction of sp³-hybridized carbons (Fsp3) is 0.104. The van der Waals surface area contributed by atoms with Crippen molar-refractivity contribution >= 4 is 150 Å². The van der Waals surface area contributed by atoms with Gasteiger partial charge in [0.1, 0.15) is 44.8 Å². The van der Waals surface area contributed by atoms with Gasteiger partial charge in [0.2, 0.25) is 0 Å². The van der Waals surface area contributed by atoms with E-state index in [0.29, 0.717) is 28.9 Å². The van der Waals surface area contributed by atoms with Crippen LogP contribution in [0.3, 0.4) is 0 Å². The fourth-order valence-electron chi connectivity index (χ4n) is 17.6. The van der Waals surface area contributed by atoms with Crippen LogP contribution in [0.25, 0.3) is 220 Å². The van der Waals surface area contributed by atoms with Gasteiger partial charge in [0.15, 0.2) is 23.3 Å². The van der Waals surface area contributed by atoms with Gasteiger partial charge in [-0.1, -0.05) is 66.7 Å². The zero-order chi connectivity index (χ0) is 93.4. The number of carbonyl (C=O) groups is 1. The first kappa shape index (κ1) is 86.2. The third-order valence-electron chi connectivity index (χ3n) is 24.1. The molecule has 678 valence electrons. The van der Waals surface area contributed by atoms with Crippen molar-refractivity contribution in [1.29, 1.82) is 0 Å². The lowest BCUT2D eigenvalue weighted by molar-refractivity contribution is 0.102. The Morgan fingerprint density at radius 1 is 0.353 bits per heavy atom. The zero-order valence-corrected chi connectivity index (χ0v) is 78.5. The first-order chi connectivity index (χ1) is 68.3. The summed E-state index contributed by atoms with van der Waals surface area (Å²) in [6.07, 6.45) is 32.1. The number of aromatic amines is 8. The zero-order valence-electron chi connectivity index (χ0n) is 75.2. The maximum Gasteiger partial charge on any atom is 0.255 e. The van der Waals surface area contributed by atoms with Crippen LogP contribution < -0.4 is 10.6 Å². The van der Waals surface area contributed by atoms with Crippen LogP contribution in [0, 0.1) is 0 Å². The number of hydrogen-bond acceptors (Lipinski definition) is 24. The van der Waals surface area contributed by atoms with Crippen molar-refractivity contribution in [2.24, 2.45) is 0 Å². The second kappa shape index (κ2) is 37.7. The van der Waals surface area contributed by atoms with Gasteiger partial charge in [-0.3, -0.25) is 70.0 Å². The Hall–Kier alpha value is -17.0. The smallest absolute Gasteiger partial charge is 0.255 e. The SMILES string of the molecule is CC(C)Nc1cncc(-c2ccc3[nH]nc(-c4nc5c(-c6cccs6)cncc5[nH]4)c3c2)c1.CN(C)Cc1cncc(-c2ccc3[nH]nc(-c4nc5c(-c6cccs6)cncc5[nH]4)c3c2)c1.O=C(Nc1cncc(-c2ccc3[nH]nc(-c4nc5c(-c6cccs6)cncc5[nH]4)c3c2)c1)c1ccccc1.c1csc(-c2cncc3[nH]c(-c4n[nH]c5ccc(-c6cncc(CN7CCCC7)c6)cc45)nc23)c1. The van der Waals surface area contributed by atoms with Crippen molar-refractivity contribution < 1.29 is 4.79 Å². The Morgan fingerprint density at radius 3 is 1.05 bits per heavy atom. The first-order valence-electron chi connectivity index (χ1n) is 45.1. The van der Waals surface area contributed by atoms with Crippen LogP contribution in [-0.4, -0.2) is 169 Å². The lowest BCUT2D eigenvalue weighted by Crippen LogP contribution is -2.18. The molecule has 1 aliphatic rings. The highest BCUT2D eigenvalue weighted by Crippen LogP contribution is 2.42. The highest BCUT2D eigenvalue weighted by molar-refractivity contribution is 7.14. The normalized spacial score (nSPS) is 12.2. The summed E-state index contributed by atoms with van der Waals surface area (Å²) < 4.78 is 0. The number of aromatic nitrogens is 24. The van der Waals surface area contributed by atoms with Gasteiger partial charge in [0.25, 0.3) is 5.91 Å². The van der Waals surface area contributed by atoms with Crippen LogP contribution >= 0.6 is 45.3 Å². The molecule has 25 aromatic rings. The third kappa shape index (κ3) is 17.8. The highest BCUT2D eigenvalue weighted by atomic mass is 32.1. The van der Waals surface area contributed by atoms with Crippen molar-refractivity contribution in [2.45, 2.75) is 45.8 Å². The fourth-order valence-corrected chi connectivity index (χ4v) is 20.6. The molecule has 20 aromatic heterocycles. The van der Waals surface area contributed by atoms with Gasteiger partial charge in [0, 0.05) is 178 Å². The van der Waals surface area contributed by atoms with E-state index in [0.717, 1.165) is 227 Å². The lowest BCUT2D eigenvalue weighted by atomic mass is 10.0. The van der Waals surface area contributed by atoms with Gasteiger partial charge >= 0.3 is 0 Å². The van der Waals surface area contributed by atoms with E-state index in [-0.39, 0.29) is 5.91 Å². The Bertz CT molecular complexity index is 8500. The van der Waals surface area contributed by atoms with E-state index in [2.05, 4.69) is 262 Å². The molecule has 1 saturated heterocycles. The molecular weight excluding hydrogens is 1810 g/mol. The number of nitrogens with one attached hydrogen (secondary N) is 10. The maximum atomic E-state index is 12.6. The number of hydrogen-bond donors (Lipinski definition) is 10. The van der Waals surface area contributed by atoms with Crippen LogP contribution in [-0.2, 0) is 13.1 Å². The van der Waals surface area contributed by atoms with Gasteiger partial charge in [-0.05, 0) is 218 Å². The summed E-state index contributed by atoms with van der Waals surface area (Å²) in [6, 6.07) is 59.4. The van der Waals surface area contributed by atoms with Crippen LogP contribution in [0.2, 0.25) is 0 Å². The molecule has 0 aliphatic carbocycles. The van der Waals surface area contributed by atoms with Crippen molar-refractivity contribution in [1.82, 2.24) is 130 Å². The minimum absolute atomic E-state index is 0.182. The molecule has 0 unspecified atom stereocenters. The average Bonchev–Trinajstić information content (AvgIpc) is 1.63. The molecule has 1 aliphatic heterocycles.